The van der Waals surface area contributed by atoms with Crippen LogP contribution in [-0.2, 0) is 0 Å². The normalized spacial score (nSPS) is 25.5. The standard InChI is InChI=1S/C18H14Cl2FN/c19-11-8-15(20)17-13-5-2-6-14(13)18(22-16(17)9-11)10-3-1-4-12(21)7-10/h1-5,7-9,13-14,18,22H,6H2/t13-,14-,18+/m1/s1. The predicted octanol–water partition coefficient (Wildman–Crippen LogP) is 5.96. The summed E-state index contributed by atoms with van der Waals surface area (Å²) < 4.78 is 13.6. The van der Waals surface area contributed by atoms with E-state index in [0.29, 0.717) is 16.0 Å². The molecule has 4 heteroatoms. The molecule has 1 heterocycles. The SMILES string of the molecule is Fc1cccc([C@@H]2Nc3cc(Cl)cc(Cl)c3[C@@H]3C=CC[C@H]32)c1. The number of halogens is 3. The van der Waals surface area contributed by atoms with Gasteiger partial charge >= 0.3 is 0 Å². The molecule has 1 aliphatic heterocycles. The third-order valence-electron chi connectivity index (χ3n) is 4.59. The van der Waals surface area contributed by atoms with Gasteiger partial charge in [-0.3, -0.25) is 0 Å². The lowest BCUT2D eigenvalue weighted by atomic mass is 9.77. The Kier molecular flexibility index (Phi) is 3.39. The molecule has 1 nitrogen and oxygen atoms in total. The lowest BCUT2D eigenvalue weighted by Crippen LogP contribution is -2.29. The van der Waals surface area contributed by atoms with E-state index in [2.05, 4.69) is 17.5 Å². The van der Waals surface area contributed by atoms with Gasteiger partial charge in [0.15, 0.2) is 0 Å². The van der Waals surface area contributed by atoms with Gasteiger partial charge in [0.25, 0.3) is 0 Å². The van der Waals surface area contributed by atoms with E-state index >= 15 is 0 Å². The topological polar surface area (TPSA) is 12.0 Å². The fourth-order valence-corrected chi connectivity index (χ4v) is 4.29. The number of nitrogens with one attached hydrogen (secondary N) is 1. The number of hydrogen-bond acceptors (Lipinski definition) is 1. The van der Waals surface area contributed by atoms with E-state index in [4.69, 9.17) is 23.2 Å². The molecule has 0 amide bonds. The molecule has 0 saturated heterocycles. The van der Waals surface area contributed by atoms with Gasteiger partial charge in [-0.25, -0.2) is 4.39 Å². The molecule has 1 aliphatic carbocycles. The summed E-state index contributed by atoms with van der Waals surface area (Å²) in [5, 5.41) is 4.81. The molecule has 0 spiro atoms. The highest BCUT2D eigenvalue weighted by molar-refractivity contribution is 6.35. The number of allylic oxidation sites excluding steroid dienone is 2. The maximum absolute atomic E-state index is 13.6. The van der Waals surface area contributed by atoms with Crippen molar-refractivity contribution in [2.45, 2.75) is 18.4 Å². The summed E-state index contributed by atoms with van der Waals surface area (Å²) in [5.74, 6) is 0.374. The Hall–Kier alpha value is -1.51. The summed E-state index contributed by atoms with van der Waals surface area (Å²) in [6, 6.07) is 10.5. The zero-order valence-corrected chi connectivity index (χ0v) is 13.2. The second kappa shape index (κ2) is 5.29. The third-order valence-corrected chi connectivity index (χ3v) is 5.12. The van der Waals surface area contributed by atoms with E-state index in [0.717, 1.165) is 23.2 Å². The van der Waals surface area contributed by atoms with E-state index in [9.17, 15) is 4.39 Å². The highest BCUT2D eigenvalue weighted by Gasteiger charge is 2.39. The zero-order chi connectivity index (χ0) is 15.3. The molecule has 0 fully saturated rings. The van der Waals surface area contributed by atoms with Crippen LogP contribution in [0.1, 0.15) is 29.5 Å². The second-order valence-corrected chi connectivity index (χ2v) is 6.72. The van der Waals surface area contributed by atoms with E-state index in [1.54, 1.807) is 18.2 Å². The van der Waals surface area contributed by atoms with Gasteiger partial charge in [-0.15, -0.1) is 0 Å². The minimum atomic E-state index is -0.211. The second-order valence-electron chi connectivity index (χ2n) is 5.88. The van der Waals surface area contributed by atoms with Crippen LogP contribution in [0.25, 0.3) is 0 Å². The first-order valence-corrected chi connectivity index (χ1v) is 8.06. The third kappa shape index (κ3) is 2.22. The van der Waals surface area contributed by atoms with Crippen LogP contribution in [0.5, 0.6) is 0 Å². The van der Waals surface area contributed by atoms with Gasteiger partial charge in [0, 0.05) is 27.2 Å². The Bertz CT molecular complexity index is 772. The maximum Gasteiger partial charge on any atom is 0.123 e. The smallest absolute Gasteiger partial charge is 0.123 e. The molecule has 0 aromatic heterocycles. The summed E-state index contributed by atoms with van der Waals surface area (Å²) in [6.45, 7) is 0. The molecule has 3 atom stereocenters. The van der Waals surface area contributed by atoms with Gasteiger partial charge in [-0.1, -0.05) is 47.5 Å². The fraction of sp³-hybridized carbons (Fsp3) is 0.222. The van der Waals surface area contributed by atoms with Crippen molar-refractivity contribution in [2.75, 3.05) is 5.32 Å². The van der Waals surface area contributed by atoms with Crippen LogP contribution in [0.2, 0.25) is 10.0 Å². The average molecular weight is 334 g/mol. The van der Waals surface area contributed by atoms with Crippen molar-refractivity contribution in [3.63, 3.8) is 0 Å². The Balaban J connectivity index is 1.84. The van der Waals surface area contributed by atoms with Gasteiger partial charge in [-0.2, -0.15) is 0 Å². The summed E-state index contributed by atoms with van der Waals surface area (Å²) in [5.41, 5.74) is 3.00. The molecule has 2 aromatic rings. The molecule has 112 valence electrons. The number of anilines is 1. The van der Waals surface area contributed by atoms with E-state index in [1.807, 2.05) is 12.1 Å². The van der Waals surface area contributed by atoms with Crippen molar-refractivity contribution in [1.82, 2.24) is 0 Å². The Morgan fingerprint density at radius 2 is 2.00 bits per heavy atom. The van der Waals surface area contributed by atoms with Gasteiger partial charge in [-0.05, 0) is 42.2 Å². The molecule has 4 rings (SSSR count). The lowest BCUT2D eigenvalue weighted by molar-refractivity contribution is 0.424. The highest BCUT2D eigenvalue weighted by atomic mass is 35.5. The van der Waals surface area contributed by atoms with Crippen molar-refractivity contribution < 1.29 is 4.39 Å². The largest absolute Gasteiger partial charge is 0.378 e. The Morgan fingerprint density at radius 1 is 1.14 bits per heavy atom. The van der Waals surface area contributed by atoms with Gasteiger partial charge < -0.3 is 5.32 Å². The number of rotatable bonds is 1. The number of hydrogen-bond donors (Lipinski definition) is 1. The molecule has 0 bridgehead atoms. The zero-order valence-electron chi connectivity index (χ0n) is 11.7. The quantitative estimate of drug-likeness (QED) is 0.635. The number of fused-ring (bicyclic) bond motifs is 3. The van der Waals surface area contributed by atoms with E-state index < -0.39 is 0 Å². The van der Waals surface area contributed by atoms with Crippen LogP contribution in [0.3, 0.4) is 0 Å². The minimum Gasteiger partial charge on any atom is -0.378 e. The summed E-state index contributed by atoms with van der Waals surface area (Å²) >= 11 is 12.6. The first-order chi connectivity index (χ1) is 10.6. The van der Waals surface area contributed by atoms with E-state index in [-0.39, 0.29) is 17.8 Å². The predicted molar refractivity (Wildman–Crippen MR) is 89.2 cm³/mol. The average Bonchev–Trinajstić information content (AvgIpc) is 2.94. The minimum absolute atomic E-state index is 0.0535. The van der Waals surface area contributed by atoms with Crippen molar-refractivity contribution >= 4 is 28.9 Å². The van der Waals surface area contributed by atoms with Gasteiger partial charge in [0.1, 0.15) is 5.82 Å². The molecule has 22 heavy (non-hydrogen) atoms. The molecule has 0 radical (unpaired) electrons. The van der Waals surface area contributed by atoms with Crippen LogP contribution in [0, 0.1) is 11.7 Å². The first kappa shape index (κ1) is 14.1. The molecular formula is C18H14Cl2FN. The Morgan fingerprint density at radius 3 is 2.82 bits per heavy atom. The molecular weight excluding hydrogens is 320 g/mol. The van der Waals surface area contributed by atoms with Crippen LogP contribution < -0.4 is 5.32 Å². The van der Waals surface area contributed by atoms with Crippen molar-refractivity contribution in [3.8, 4) is 0 Å². The molecule has 2 aliphatic rings. The first-order valence-electron chi connectivity index (χ1n) is 7.31. The van der Waals surface area contributed by atoms with Crippen LogP contribution >= 0.6 is 23.2 Å². The monoisotopic (exact) mass is 333 g/mol. The van der Waals surface area contributed by atoms with Gasteiger partial charge in [0.05, 0.1) is 6.04 Å². The van der Waals surface area contributed by atoms with Crippen molar-refractivity contribution in [1.29, 1.82) is 0 Å². The molecule has 0 saturated carbocycles. The van der Waals surface area contributed by atoms with Crippen LogP contribution in [-0.4, -0.2) is 0 Å². The highest BCUT2D eigenvalue weighted by Crippen LogP contribution is 2.52. The molecule has 0 unspecified atom stereocenters. The van der Waals surface area contributed by atoms with Crippen molar-refractivity contribution in [3.05, 3.63) is 75.5 Å². The molecule has 2 aromatic carbocycles. The van der Waals surface area contributed by atoms with Crippen LogP contribution in [0.15, 0.2) is 48.6 Å². The fourth-order valence-electron chi connectivity index (χ4n) is 3.67. The summed E-state index contributed by atoms with van der Waals surface area (Å²) in [6.07, 6.45) is 5.34. The Labute approximate surface area is 138 Å². The maximum atomic E-state index is 13.6. The van der Waals surface area contributed by atoms with Crippen LogP contribution in [0.4, 0.5) is 10.1 Å². The van der Waals surface area contributed by atoms with Crippen molar-refractivity contribution in [2.24, 2.45) is 5.92 Å². The molecule has 1 N–H and O–H groups in total. The summed E-state index contributed by atoms with van der Waals surface area (Å²) in [7, 11) is 0. The van der Waals surface area contributed by atoms with E-state index in [1.165, 1.54) is 6.07 Å². The van der Waals surface area contributed by atoms with Gasteiger partial charge in [0.2, 0.25) is 0 Å². The summed E-state index contributed by atoms with van der Waals surface area (Å²) in [4.78, 5) is 0. The number of benzene rings is 2. The lowest BCUT2D eigenvalue weighted by Gasteiger charge is -2.38.